The Morgan fingerprint density at radius 3 is 2.17 bits per heavy atom. The number of rotatable bonds is 5. The van der Waals surface area contributed by atoms with Gasteiger partial charge in [0.1, 0.15) is 5.54 Å². The first-order valence-corrected chi connectivity index (χ1v) is 5.58. The summed E-state index contributed by atoms with van der Waals surface area (Å²) >= 11 is 0. The lowest BCUT2D eigenvalue weighted by molar-refractivity contribution is -0.148. The molecule has 0 spiro atoms. The van der Waals surface area contributed by atoms with Crippen LogP contribution in [0.2, 0.25) is 0 Å². The van der Waals surface area contributed by atoms with Gasteiger partial charge < -0.3 is 10.8 Å². The van der Waals surface area contributed by atoms with E-state index < -0.39 is 17.4 Å². The Kier molecular flexibility index (Phi) is 4.08. The van der Waals surface area contributed by atoms with Gasteiger partial charge in [0, 0.05) is 12.1 Å². The van der Waals surface area contributed by atoms with Gasteiger partial charge in [-0.05, 0) is 38.6 Å². The van der Waals surface area contributed by atoms with E-state index in [0.29, 0.717) is 12.1 Å². The fourth-order valence-electron chi connectivity index (χ4n) is 1.41. The van der Waals surface area contributed by atoms with E-state index in [1.165, 1.54) is 0 Å². The molecule has 0 saturated heterocycles. The summed E-state index contributed by atoms with van der Waals surface area (Å²) in [6, 6.07) is 6.82. The molecule has 0 unspecified atom stereocenters. The number of carbonyl (C=O) groups excluding carboxylic acids is 1. The van der Waals surface area contributed by atoms with Crippen molar-refractivity contribution in [2.24, 2.45) is 5.73 Å². The summed E-state index contributed by atoms with van der Waals surface area (Å²) in [5.41, 5.74) is 5.58. The quantitative estimate of drug-likeness (QED) is 0.819. The molecular weight excluding hydrogens is 232 g/mol. The molecule has 5 nitrogen and oxygen atoms in total. The lowest BCUT2D eigenvalue weighted by Crippen LogP contribution is -2.47. The predicted molar refractivity (Wildman–Crippen MR) is 68.1 cm³/mol. The maximum Gasteiger partial charge on any atom is 0.323 e. The van der Waals surface area contributed by atoms with Gasteiger partial charge in [0.05, 0.1) is 0 Å². The third kappa shape index (κ3) is 3.07. The molecule has 0 heterocycles. The highest BCUT2D eigenvalue weighted by Gasteiger charge is 2.31. The summed E-state index contributed by atoms with van der Waals surface area (Å²) < 4.78 is 0. The summed E-state index contributed by atoms with van der Waals surface area (Å²) in [6.07, 6.45) is 0. The fourth-order valence-corrected chi connectivity index (χ4v) is 1.41. The van der Waals surface area contributed by atoms with E-state index in [4.69, 9.17) is 10.8 Å². The number of carbonyl (C=O) groups is 2. The maximum absolute atomic E-state index is 11.1. The second-order valence-electron chi connectivity index (χ2n) is 4.78. The number of aliphatic carboxylic acids is 1. The average molecular weight is 250 g/mol. The summed E-state index contributed by atoms with van der Waals surface area (Å²) in [5, 5.41) is 9.10. The number of benzene rings is 1. The summed E-state index contributed by atoms with van der Waals surface area (Å²) in [5.74, 6) is -1.35. The molecule has 0 bridgehead atoms. The van der Waals surface area contributed by atoms with Gasteiger partial charge in [0.2, 0.25) is 5.91 Å². The van der Waals surface area contributed by atoms with Crippen LogP contribution in [0.4, 0.5) is 0 Å². The molecule has 98 valence electrons. The minimum atomic E-state index is -0.942. The largest absolute Gasteiger partial charge is 0.480 e. The van der Waals surface area contributed by atoms with E-state index in [9.17, 15) is 9.59 Å². The van der Waals surface area contributed by atoms with Gasteiger partial charge in [-0.3, -0.25) is 14.5 Å². The van der Waals surface area contributed by atoms with Crippen LogP contribution >= 0.6 is 0 Å². The first-order chi connectivity index (χ1) is 8.25. The molecule has 0 aromatic heterocycles. The zero-order valence-electron chi connectivity index (χ0n) is 10.8. The molecule has 0 aliphatic rings. The summed E-state index contributed by atoms with van der Waals surface area (Å²) in [6.45, 7) is 3.78. The minimum absolute atomic E-state index is 0.443. The van der Waals surface area contributed by atoms with Crippen molar-refractivity contribution in [1.82, 2.24) is 4.90 Å². The second-order valence-corrected chi connectivity index (χ2v) is 4.78. The van der Waals surface area contributed by atoms with E-state index in [0.717, 1.165) is 5.56 Å². The lowest BCUT2D eigenvalue weighted by Gasteiger charge is -2.31. The van der Waals surface area contributed by atoms with Crippen molar-refractivity contribution >= 4 is 11.9 Å². The van der Waals surface area contributed by atoms with Crippen molar-refractivity contribution in [2.75, 3.05) is 7.05 Å². The first-order valence-electron chi connectivity index (χ1n) is 5.58. The lowest BCUT2D eigenvalue weighted by atomic mass is 10.0. The molecule has 1 amide bonds. The van der Waals surface area contributed by atoms with Gasteiger partial charge in [0.15, 0.2) is 0 Å². The summed E-state index contributed by atoms with van der Waals surface area (Å²) in [7, 11) is 1.75. The zero-order chi connectivity index (χ0) is 13.9. The number of carboxylic acid groups (broad SMARTS) is 1. The number of hydrogen-bond donors (Lipinski definition) is 2. The van der Waals surface area contributed by atoms with Crippen LogP contribution < -0.4 is 5.73 Å². The molecular formula is C13H18N2O3. The molecule has 0 radical (unpaired) electrons. The molecule has 0 saturated carbocycles. The van der Waals surface area contributed by atoms with Gasteiger partial charge in [0.25, 0.3) is 0 Å². The summed E-state index contributed by atoms with van der Waals surface area (Å²) in [4.78, 5) is 23.7. The number of carboxylic acids is 1. The Labute approximate surface area is 106 Å². The molecule has 1 aromatic rings. The zero-order valence-corrected chi connectivity index (χ0v) is 10.8. The highest BCUT2D eigenvalue weighted by atomic mass is 16.4. The number of hydrogen-bond acceptors (Lipinski definition) is 3. The fraction of sp³-hybridized carbons (Fsp3) is 0.385. The van der Waals surface area contributed by atoms with Crippen LogP contribution in [0.1, 0.15) is 29.8 Å². The predicted octanol–water partition coefficient (Wildman–Crippen LogP) is 1.08. The molecule has 3 N–H and O–H groups in total. The Hall–Kier alpha value is -1.88. The highest BCUT2D eigenvalue weighted by molar-refractivity contribution is 5.92. The highest BCUT2D eigenvalue weighted by Crippen LogP contribution is 2.16. The van der Waals surface area contributed by atoms with Gasteiger partial charge in [-0.1, -0.05) is 12.1 Å². The Balaban J connectivity index is 2.79. The van der Waals surface area contributed by atoms with Gasteiger partial charge in [-0.2, -0.15) is 0 Å². The smallest absolute Gasteiger partial charge is 0.323 e. The molecule has 0 fully saturated rings. The molecule has 1 aromatic carbocycles. The van der Waals surface area contributed by atoms with Crippen molar-refractivity contribution in [1.29, 1.82) is 0 Å². The van der Waals surface area contributed by atoms with Gasteiger partial charge in [-0.25, -0.2) is 0 Å². The van der Waals surface area contributed by atoms with Crippen molar-refractivity contribution in [3.05, 3.63) is 35.4 Å². The van der Waals surface area contributed by atoms with E-state index in [2.05, 4.69) is 0 Å². The Bertz CT molecular complexity index is 452. The van der Waals surface area contributed by atoms with Gasteiger partial charge >= 0.3 is 5.97 Å². The topological polar surface area (TPSA) is 83.6 Å². The maximum atomic E-state index is 11.1. The van der Waals surface area contributed by atoms with Crippen LogP contribution in [0.15, 0.2) is 24.3 Å². The monoisotopic (exact) mass is 250 g/mol. The van der Waals surface area contributed by atoms with Gasteiger partial charge in [-0.15, -0.1) is 0 Å². The SMILES string of the molecule is CN(Cc1ccc(C(N)=O)cc1)C(C)(C)C(=O)O. The molecule has 18 heavy (non-hydrogen) atoms. The first kappa shape index (κ1) is 14.2. The van der Waals surface area contributed by atoms with Crippen molar-refractivity contribution in [3.63, 3.8) is 0 Å². The van der Waals surface area contributed by atoms with E-state index in [-0.39, 0.29) is 0 Å². The van der Waals surface area contributed by atoms with Crippen LogP contribution in [-0.4, -0.2) is 34.5 Å². The average Bonchev–Trinajstić information content (AvgIpc) is 2.29. The number of primary amides is 1. The van der Waals surface area contributed by atoms with Crippen LogP contribution in [0.3, 0.4) is 0 Å². The number of nitrogens with two attached hydrogens (primary N) is 1. The second kappa shape index (κ2) is 5.18. The molecule has 1 rings (SSSR count). The molecule has 0 atom stereocenters. The molecule has 0 aliphatic carbocycles. The van der Waals surface area contributed by atoms with Crippen LogP contribution in [0.25, 0.3) is 0 Å². The van der Waals surface area contributed by atoms with Crippen LogP contribution in [-0.2, 0) is 11.3 Å². The number of nitrogens with zero attached hydrogens (tertiary/aromatic N) is 1. The minimum Gasteiger partial charge on any atom is -0.480 e. The van der Waals surface area contributed by atoms with Crippen molar-refractivity contribution in [3.8, 4) is 0 Å². The Morgan fingerprint density at radius 2 is 1.78 bits per heavy atom. The third-order valence-electron chi connectivity index (χ3n) is 3.14. The van der Waals surface area contributed by atoms with E-state index in [1.54, 1.807) is 50.1 Å². The normalized spacial score (nSPS) is 11.6. The van der Waals surface area contributed by atoms with E-state index >= 15 is 0 Å². The van der Waals surface area contributed by atoms with Crippen molar-refractivity contribution in [2.45, 2.75) is 25.9 Å². The van der Waals surface area contributed by atoms with E-state index in [1.807, 2.05) is 0 Å². The standard InChI is InChI=1S/C13H18N2O3/c1-13(2,12(17)18)15(3)8-9-4-6-10(7-5-9)11(14)16/h4-7H,8H2,1-3H3,(H2,14,16)(H,17,18). The molecule has 0 aliphatic heterocycles. The number of likely N-dealkylation sites (N-methyl/N-ethyl adjacent to an activating group) is 1. The molecule has 5 heteroatoms. The Morgan fingerprint density at radius 1 is 1.28 bits per heavy atom. The van der Waals surface area contributed by atoms with Crippen LogP contribution in [0, 0.1) is 0 Å². The number of amides is 1. The van der Waals surface area contributed by atoms with Crippen molar-refractivity contribution < 1.29 is 14.7 Å². The van der Waals surface area contributed by atoms with Crippen LogP contribution in [0.5, 0.6) is 0 Å². The third-order valence-corrected chi connectivity index (χ3v) is 3.14.